The van der Waals surface area contributed by atoms with Gasteiger partial charge in [-0.1, -0.05) is 24.3 Å². The number of carbonyl (C=O) groups is 1. The molecule has 2 aromatic rings. The fourth-order valence-electron chi connectivity index (χ4n) is 1.78. The van der Waals surface area contributed by atoms with Gasteiger partial charge in [-0.05, 0) is 22.8 Å². The van der Waals surface area contributed by atoms with Gasteiger partial charge < -0.3 is 10.5 Å². The lowest BCUT2D eigenvalue weighted by Gasteiger charge is -2.04. The summed E-state index contributed by atoms with van der Waals surface area (Å²) < 4.78 is 0. The molecule has 0 aliphatic rings. The molecule has 0 aliphatic carbocycles. The third-order valence-electron chi connectivity index (χ3n) is 2.79. The molecule has 0 amide bonds. The highest BCUT2D eigenvalue weighted by molar-refractivity contribution is 5.90. The zero-order valence-electron chi connectivity index (χ0n) is 10.2. The van der Waals surface area contributed by atoms with Gasteiger partial charge in [0.2, 0.25) is 0 Å². The second kappa shape index (κ2) is 5.31. The summed E-state index contributed by atoms with van der Waals surface area (Å²) in [5.74, 6) is -1.22. The fourth-order valence-corrected chi connectivity index (χ4v) is 1.78. The third kappa shape index (κ3) is 2.69. The summed E-state index contributed by atoms with van der Waals surface area (Å²) in [7, 11) is 0. The van der Waals surface area contributed by atoms with Crippen LogP contribution in [0, 0.1) is 15.5 Å². The molecule has 0 saturated heterocycles. The largest absolute Gasteiger partial charge is 0.478 e. The standard InChI is InChI=1S/C14H10N2O4/c15-8-9-1-3-10(4-2-9)11-5-12(14(17)18)7-13(6-11)16(19)20/h1-8,15H,(H,17,18). The van der Waals surface area contributed by atoms with E-state index in [1.54, 1.807) is 24.3 Å². The predicted octanol–water partition coefficient (Wildman–Crippen LogP) is 2.96. The highest BCUT2D eigenvalue weighted by Gasteiger charge is 2.14. The zero-order chi connectivity index (χ0) is 14.7. The van der Waals surface area contributed by atoms with Crippen LogP contribution in [0.25, 0.3) is 11.1 Å². The average molecular weight is 270 g/mol. The van der Waals surface area contributed by atoms with Crippen LogP contribution in [0.5, 0.6) is 0 Å². The van der Waals surface area contributed by atoms with Gasteiger partial charge in [0, 0.05) is 18.3 Å². The van der Waals surface area contributed by atoms with Gasteiger partial charge in [0.15, 0.2) is 0 Å². The molecular weight excluding hydrogens is 260 g/mol. The minimum Gasteiger partial charge on any atom is -0.478 e. The van der Waals surface area contributed by atoms with Crippen molar-refractivity contribution in [3.05, 3.63) is 63.7 Å². The van der Waals surface area contributed by atoms with Gasteiger partial charge in [-0.25, -0.2) is 4.79 Å². The van der Waals surface area contributed by atoms with Crippen LogP contribution in [0.15, 0.2) is 42.5 Å². The van der Waals surface area contributed by atoms with Gasteiger partial charge in [0.05, 0.1) is 10.5 Å². The van der Waals surface area contributed by atoms with E-state index in [1.807, 2.05) is 0 Å². The van der Waals surface area contributed by atoms with Crippen LogP contribution in [-0.4, -0.2) is 22.2 Å². The van der Waals surface area contributed by atoms with Crippen molar-refractivity contribution in [1.82, 2.24) is 0 Å². The first-order valence-electron chi connectivity index (χ1n) is 5.65. The lowest BCUT2D eigenvalue weighted by molar-refractivity contribution is -0.384. The molecular formula is C14H10N2O4. The summed E-state index contributed by atoms with van der Waals surface area (Å²) in [6, 6.07) is 10.5. The Bertz CT molecular complexity index is 661. The minimum atomic E-state index is -1.22. The monoisotopic (exact) mass is 270 g/mol. The molecule has 0 heterocycles. The number of non-ortho nitro benzene ring substituents is 1. The van der Waals surface area contributed by atoms with Crippen LogP contribution in [-0.2, 0) is 0 Å². The van der Waals surface area contributed by atoms with Crippen molar-refractivity contribution in [2.75, 3.05) is 0 Å². The molecule has 2 rings (SSSR count). The SMILES string of the molecule is N=Cc1ccc(-c2cc(C(=O)O)cc([N+](=O)[O-])c2)cc1. The van der Waals surface area contributed by atoms with Gasteiger partial charge >= 0.3 is 5.97 Å². The van der Waals surface area contributed by atoms with E-state index in [9.17, 15) is 14.9 Å². The number of carboxylic acids is 1. The number of nitro benzene ring substituents is 1. The number of nitrogens with one attached hydrogen (secondary N) is 1. The summed E-state index contributed by atoms with van der Waals surface area (Å²) in [5.41, 5.74) is 1.40. The summed E-state index contributed by atoms with van der Waals surface area (Å²) in [6.45, 7) is 0. The van der Waals surface area contributed by atoms with Crippen molar-refractivity contribution in [3.63, 3.8) is 0 Å². The summed E-state index contributed by atoms with van der Waals surface area (Å²) >= 11 is 0. The van der Waals surface area contributed by atoms with E-state index in [2.05, 4.69) is 0 Å². The molecule has 0 aromatic heterocycles. The molecule has 20 heavy (non-hydrogen) atoms. The molecule has 2 aromatic carbocycles. The topological polar surface area (TPSA) is 104 Å². The number of carboxylic acid groups (broad SMARTS) is 1. The van der Waals surface area contributed by atoms with E-state index in [-0.39, 0.29) is 11.3 Å². The predicted molar refractivity (Wildman–Crippen MR) is 73.4 cm³/mol. The van der Waals surface area contributed by atoms with E-state index < -0.39 is 10.9 Å². The molecule has 0 radical (unpaired) electrons. The lowest BCUT2D eigenvalue weighted by atomic mass is 10.0. The van der Waals surface area contributed by atoms with Crippen LogP contribution < -0.4 is 0 Å². The number of nitro groups is 1. The number of rotatable bonds is 4. The Morgan fingerprint density at radius 2 is 1.80 bits per heavy atom. The van der Waals surface area contributed by atoms with Crippen molar-refractivity contribution < 1.29 is 14.8 Å². The quantitative estimate of drug-likeness (QED) is 0.506. The van der Waals surface area contributed by atoms with E-state index in [4.69, 9.17) is 10.5 Å². The number of nitrogens with zero attached hydrogens (tertiary/aromatic N) is 1. The first-order chi connectivity index (χ1) is 9.51. The van der Waals surface area contributed by atoms with Crippen LogP contribution in [0.4, 0.5) is 5.69 Å². The molecule has 6 heteroatoms. The van der Waals surface area contributed by atoms with Crippen molar-refractivity contribution in [2.45, 2.75) is 0 Å². The van der Waals surface area contributed by atoms with E-state index in [0.29, 0.717) is 16.7 Å². The molecule has 0 aliphatic heterocycles. The van der Waals surface area contributed by atoms with Crippen LogP contribution >= 0.6 is 0 Å². The van der Waals surface area contributed by atoms with Gasteiger partial charge in [0.25, 0.3) is 5.69 Å². The molecule has 0 saturated carbocycles. The molecule has 2 N–H and O–H groups in total. The molecule has 0 unspecified atom stereocenters. The summed E-state index contributed by atoms with van der Waals surface area (Å²) in [5, 5.41) is 26.9. The van der Waals surface area contributed by atoms with Crippen molar-refractivity contribution in [1.29, 1.82) is 5.41 Å². The molecule has 0 bridgehead atoms. The third-order valence-corrected chi connectivity index (χ3v) is 2.79. The molecule has 0 atom stereocenters. The first-order valence-corrected chi connectivity index (χ1v) is 5.65. The Morgan fingerprint density at radius 1 is 1.15 bits per heavy atom. The average Bonchev–Trinajstić information content (AvgIpc) is 2.46. The molecule has 0 spiro atoms. The Hall–Kier alpha value is -3.02. The number of hydrogen-bond acceptors (Lipinski definition) is 4. The highest BCUT2D eigenvalue weighted by Crippen LogP contribution is 2.26. The summed E-state index contributed by atoms with van der Waals surface area (Å²) in [6.07, 6.45) is 1.18. The van der Waals surface area contributed by atoms with Gasteiger partial charge in [-0.3, -0.25) is 10.1 Å². The van der Waals surface area contributed by atoms with Crippen LogP contribution in [0.2, 0.25) is 0 Å². The Kier molecular flexibility index (Phi) is 3.56. The molecule has 6 nitrogen and oxygen atoms in total. The zero-order valence-corrected chi connectivity index (χ0v) is 10.2. The fraction of sp³-hybridized carbons (Fsp3) is 0. The maximum absolute atomic E-state index is 11.0. The van der Waals surface area contributed by atoms with Crippen LogP contribution in [0.3, 0.4) is 0 Å². The van der Waals surface area contributed by atoms with Gasteiger partial charge in [-0.15, -0.1) is 0 Å². The Balaban J connectivity index is 2.56. The Labute approximate surface area is 114 Å². The second-order valence-corrected chi connectivity index (χ2v) is 4.10. The van der Waals surface area contributed by atoms with Crippen molar-refractivity contribution in [3.8, 4) is 11.1 Å². The normalized spacial score (nSPS) is 10.0. The number of aromatic carboxylic acids is 1. The number of hydrogen-bond donors (Lipinski definition) is 2. The van der Waals surface area contributed by atoms with Gasteiger partial charge in [0.1, 0.15) is 0 Å². The Morgan fingerprint density at radius 3 is 2.30 bits per heavy atom. The second-order valence-electron chi connectivity index (χ2n) is 4.10. The van der Waals surface area contributed by atoms with E-state index in [0.717, 1.165) is 6.07 Å². The maximum atomic E-state index is 11.0. The van der Waals surface area contributed by atoms with E-state index >= 15 is 0 Å². The van der Waals surface area contributed by atoms with Crippen LogP contribution in [0.1, 0.15) is 15.9 Å². The summed E-state index contributed by atoms with van der Waals surface area (Å²) in [4.78, 5) is 21.2. The first kappa shape index (κ1) is 13.4. The van der Waals surface area contributed by atoms with Crippen molar-refractivity contribution >= 4 is 17.9 Å². The van der Waals surface area contributed by atoms with Gasteiger partial charge in [-0.2, -0.15) is 0 Å². The molecule has 0 fully saturated rings. The highest BCUT2D eigenvalue weighted by atomic mass is 16.6. The lowest BCUT2D eigenvalue weighted by Crippen LogP contribution is -1.99. The number of benzene rings is 2. The minimum absolute atomic E-state index is 0.134. The maximum Gasteiger partial charge on any atom is 0.335 e. The smallest absolute Gasteiger partial charge is 0.335 e. The molecule has 100 valence electrons. The van der Waals surface area contributed by atoms with Crippen molar-refractivity contribution in [2.24, 2.45) is 0 Å². The van der Waals surface area contributed by atoms with E-state index in [1.165, 1.54) is 18.3 Å².